The monoisotopic (exact) mass is 323 g/mol. The Morgan fingerprint density at radius 1 is 1.32 bits per heavy atom. The van der Waals surface area contributed by atoms with Crippen molar-refractivity contribution in [2.24, 2.45) is 11.8 Å². The zero-order valence-corrected chi connectivity index (χ0v) is 13.7. The van der Waals surface area contributed by atoms with E-state index in [4.69, 9.17) is 16.3 Å². The Bertz CT molecular complexity index is 523. The van der Waals surface area contributed by atoms with Gasteiger partial charge in [0.2, 0.25) is 5.91 Å². The second kappa shape index (κ2) is 7.75. The Morgan fingerprint density at radius 3 is 2.59 bits per heavy atom. The molecule has 1 aromatic carbocycles. The molecule has 0 aromatic heterocycles. The second-order valence-electron chi connectivity index (χ2n) is 5.96. The molecule has 1 aliphatic heterocycles. The molecule has 1 N–H and O–H groups in total. The van der Waals surface area contributed by atoms with Crippen molar-refractivity contribution in [3.8, 4) is 0 Å². The minimum absolute atomic E-state index is 0.0383. The molecule has 0 aliphatic carbocycles. The highest BCUT2D eigenvalue weighted by atomic mass is 35.5. The summed E-state index contributed by atoms with van der Waals surface area (Å²) in [6.45, 7) is 5.22. The summed E-state index contributed by atoms with van der Waals surface area (Å²) in [6, 6.07) is 6.83. The van der Waals surface area contributed by atoms with Crippen molar-refractivity contribution in [2.45, 2.75) is 32.7 Å². The van der Waals surface area contributed by atoms with Crippen LogP contribution in [0.5, 0.6) is 0 Å². The quantitative estimate of drug-likeness (QED) is 0.818. The summed E-state index contributed by atoms with van der Waals surface area (Å²) in [5.74, 6) is -0.114. The minimum atomic E-state index is -0.354. The van der Waals surface area contributed by atoms with E-state index < -0.39 is 0 Å². The van der Waals surface area contributed by atoms with Crippen LogP contribution in [0, 0.1) is 11.8 Å². The van der Waals surface area contributed by atoms with Crippen LogP contribution in [-0.2, 0) is 9.53 Å². The molecule has 1 aliphatic rings. The molecule has 1 aromatic rings. The standard InChI is InChI=1S/C17H22ClNO3/c1-11(17(21)13-3-5-15(18)6-4-13)9-16(20)19-12(2)14-7-8-22-10-14/h3-6,11-12,14H,7-10H2,1-2H3,(H,19,20)/t11-,12+,14-/m1/s1. The maximum Gasteiger partial charge on any atom is 0.220 e. The van der Waals surface area contributed by atoms with Gasteiger partial charge in [-0.2, -0.15) is 0 Å². The topological polar surface area (TPSA) is 55.4 Å². The number of hydrogen-bond donors (Lipinski definition) is 1. The summed E-state index contributed by atoms with van der Waals surface area (Å²) in [5.41, 5.74) is 0.585. The predicted octanol–water partition coefficient (Wildman–Crippen LogP) is 3.09. The number of ether oxygens (including phenoxy) is 1. The van der Waals surface area contributed by atoms with Crippen molar-refractivity contribution >= 4 is 23.3 Å². The largest absolute Gasteiger partial charge is 0.381 e. The summed E-state index contributed by atoms with van der Waals surface area (Å²) in [7, 11) is 0. The first-order valence-electron chi connectivity index (χ1n) is 7.64. The van der Waals surface area contributed by atoms with E-state index in [-0.39, 0.29) is 30.1 Å². The number of ketones is 1. The van der Waals surface area contributed by atoms with Crippen LogP contribution in [-0.4, -0.2) is 30.9 Å². The Kier molecular flexibility index (Phi) is 5.98. The fourth-order valence-corrected chi connectivity index (χ4v) is 2.77. The van der Waals surface area contributed by atoms with Crippen LogP contribution in [0.15, 0.2) is 24.3 Å². The van der Waals surface area contributed by atoms with Gasteiger partial charge in [0.15, 0.2) is 5.78 Å². The lowest BCUT2D eigenvalue weighted by Crippen LogP contribution is -2.39. The average molecular weight is 324 g/mol. The number of halogens is 1. The van der Waals surface area contributed by atoms with Gasteiger partial charge in [-0.1, -0.05) is 18.5 Å². The third-order valence-corrected chi connectivity index (χ3v) is 4.38. The van der Waals surface area contributed by atoms with E-state index in [1.807, 2.05) is 6.92 Å². The Balaban J connectivity index is 1.84. The molecule has 1 saturated heterocycles. The lowest BCUT2D eigenvalue weighted by atomic mass is 9.95. The molecular formula is C17H22ClNO3. The Labute approximate surface area is 136 Å². The molecule has 120 valence electrons. The number of amides is 1. The van der Waals surface area contributed by atoms with Gasteiger partial charge in [-0.25, -0.2) is 0 Å². The third kappa shape index (κ3) is 4.55. The molecule has 0 radical (unpaired) electrons. The van der Waals surface area contributed by atoms with Gasteiger partial charge in [0.25, 0.3) is 0 Å². The number of carbonyl (C=O) groups excluding carboxylic acids is 2. The van der Waals surface area contributed by atoms with E-state index in [9.17, 15) is 9.59 Å². The van der Waals surface area contributed by atoms with Gasteiger partial charge in [0, 0.05) is 41.5 Å². The lowest BCUT2D eigenvalue weighted by Gasteiger charge is -2.20. The van der Waals surface area contributed by atoms with Gasteiger partial charge in [0.1, 0.15) is 0 Å². The van der Waals surface area contributed by atoms with Crippen LogP contribution < -0.4 is 5.32 Å². The summed E-state index contributed by atoms with van der Waals surface area (Å²) < 4.78 is 5.33. The third-order valence-electron chi connectivity index (χ3n) is 4.13. The second-order valence-corrected chi connectivity index (χ2v) is 6.39. The lowest BCUT2D eigenvalue weighted by molar-refractivity contribution is -0.122. The predicted molar refractivity (Wildman–Crippen MR) is 86.1 cm³/mol. The molecule has 0 spiro atoms. The van der Waals surface area contributed by atoms with Gasteiger partial charge < -0.3 is 10.1 Å². The van der Waals surface area contributed by atoms with Crippen molar-refractivity contribution < 1.29 is 14.3 Å². The molecule has 1 amide bonds. The summed E-state index contributed by atoms with van der Waals surface area (Å²) in [6.07, 6.45) is 1.17. The summed E-state index contributed by atoms with van der Waals surface area (Å²) in [4.78, 5) is 24.4. The van der Waals surface area contributed by atoms with Crippen molar-refractivity contribution in [2.75, 3.05) is 13.2 Å². The highest BCUT2D eigenvalue weighted by Crippen LogP contribution is 2.18. The van der Waals surface area contributed by atoms with Gasteiger partial charge in [-0.3, -0.25) is 9.59 Å². The first-order chi connectivity index (χ1) is 10.5. The van der Waals surface area contributed by atoms with E-state index in [1.165, 1.54) is 0 Å². The maximum atomic E-state index is 12.3. The molecule has 4 nitrogen and oxygen atoms in total. The molecule has 1 heterocycles. The number of carbonyl (C=O) groups is 2. The molecule has 1 fully saturated rings. The number of nitrogens with one attached hydrogen (secondary N) is 1. The van der Waals surface area contributed by atoms with Crippen LogP contribution >= 0.6 is 11.6 Å². The van der Waals surface area contributed by atoms with Crippen LogP contribution in [0.3, 0.4) is 0 Å². The zero-order chi connectivity index (χ0) is 16.1. The summed E-state index contributed by atoms with van der Waals surface area (Å²) >= 11 is 5.81. The zero-order valence-electron chi connectivity index (χ0n) is 13.0. The SMILES string of the molecule is C[C@H](CC(=O)N[C@@H](C)[C@@H]1CCOC1)C(=O)c1ccc(Cl)cc1. The smallest absolute Gasteiger partial charge is 0.220 e. The molecule has 22 heavy (non-hydrogen) atoms. The van der Waals surface area contributed by atoms with Crippen LogP contribution in [0.2, 0.25) is 5.02 Å². The van der Waals surface area contributed by atoms with Crippen molar-refractivity contribution in [3.05, 3.63) is 34.9 Å². The van der Waals surface area contributed by atoms with Crippen LogP contribution in [0.4, 0.5) is 0 Å². The van der Waals surface area contributed by atoms with E-state index in [0.717, 1.165) is 13.0 Å². The molecular weight excluding hydrogens is 302 g/mol. The molecule has 0 unspecified atom stereocenters. The van der Waals surface area contributed by atoms with Crippen molar-refractivity contribution in [1.82, 2.24) is 5.32 Å². The fraction of sp³-hybridized carbons (Fsp3) is 0.529. The number of Topliss-reactive ketones (excluding diaryl/α,β-unsaturated/α-hetero) is 1. The highest BCUT2D eigenvalue weighted by molar-refractivity contribution is 6.30. The van der Waals surface area contributed by atoms with Gasteiger partial charge in [0.05, 0.1) is 6.61 Å². The number of rotatable bonds is 6. The van der Waals surface area contributed by atoms with Gasteiger partial charge in [-0.15, -0.1) is 0 Å². The van der Waals surface area contributed by atoms with E-state index in [0.29, 0.717) is 23.1 Å². The first-order valence-corrected chi connectivity index (χ1v) is 8.02. The van der Waals surface area contributed by atoms with E-state index >= 15 is 0 Å². The van der Waals surface area contributed by atoms with Gasteiger partial charge >= 0.3 is 0 Å². The molecule has 0 bridgehead atoms. The maximum absolute atomic E-state index is 12.3. The summed E-state index contributed by atoms with van der Waals surface area (Å²) in [5, 5.41) is 3.57. The molecule has 2 rings (SSSR count). The van der Waals surface area contributed by atoms with Crippen molar-refractivity contribution in [3.63, 3.8) is 0 Å². The fourth-order valence-electron chi connectivity index (χ4n) is 2.65. The molecule has 3 atom stereocenters. The van der Waals surface area contributed by atoms with Crippen LogP contribution in [0.25, 0.3) is 0 Å². The first kappa shape index (κ1) is 17.0. The van der Waals surface area contributed by atoms with E-state index in [1.54, 1.807) is 31.2 Å². The number of hydrogen-bond acceptors (Lipinski definition) is 3. The number of benzene rings is 1. The van der Waals surface area contributed by atoms with Crippen molar-refractivity contribution in [1.29, 1.82) is 0 Å². The van der Waals surface area contributed by atoms with Gasteiger partial charge in [-0.05, 0) is 37.6 Å². The normalized spacial score (nSPS) is 20.4. The van der Waals surface area contributed by atoms with Crippen LogP contribution in [0.1, 0.15) is 37.0 Å². The minimum Gasteiger partial charge on any atom is -0.381 e. The molecule has 5 heteroatoms. The average Bonchev–Trinajstić information content (AvgIpc) is 3.01. The Hall–Kier alpha value is -1.39. The highest BCUT2D eigenvalue weighted by Gasteiger charge is 2.25. The molecule has 0 saturated carbocycles. The Morgan fingerprint density at radius 2 is 2.00 bits per heavy atom. The van der Waals surface area contributed by atoms with E-state index in [2.05, 4.69) is 5.32 Å².